The topological polar surface area (TPSA) is 67.1 Å². The molecule has 1 aliphatic carbocycles. The molecule has 6 heteroatoms. The van der Waals surface area contributed by atoms with Crippen molar-refractivity contribution in [1.29, 1.82) is 0 Å². The number of aryl methyl sites for hydroxylation is 1. The first kappa shape index (κ1) is 20.7. The third-order valence-electron chi connectivity index (χ3n) is 5.66. The highest BCUT2D eigenvalue weighted by atomic mass is 15.3. The second-order valence-corrected chi connectivity index (χ2v) is 8.25. The van der Waals surface area contributed by atoms with E-state index in [4.69, 9.17) is 10.1 Å². The summed E-state index contributed by atoms with van der Waals surface area (Å²) < 4.78 is 1.91. The Morgan fingerprint density at radius 3 is 2.82 bits per heavy atom. The summed E-state index contributed by atoms with van der Waals surface area (Å²) in [5, 5.41) is 11.7. The Balaban J connectivity index is 1.47. The number of anilines is 1. The van der Waals surface area contributed by atoms with Crippen LogP contribution in [0.4, 0.5) is 5.69 Å². The first-order valence-corrected chi connectivity index (χ1v) is 11.0. The van der Waals surface area contributed by atoms with Gasteiger partial charge in [-0.05, 0) is 55.8 Å². The van der Waals surface area contributed by atoms with Gasteiger partial charge in [0, 0.05) is 29.4 Å². The highest BCUT2D eigenvalue weighted by Gasteiger charge is 2.20. The molecule has 0 amide bonds. The number of nitrogens with one attached hydrogen (secondary N) is 2. The van der Waals surface area contributed by atoms with Crippen molar-refractivity contribution in [2.45, 2.75) is 26.4 Å². The molecule has 3 aromatic rings. The molecule has 0 radical (unpaired) electrons. The zero-order valence-corrected chi connectivity index (χ0v) is 18.8. The average molecular weight is 435 g/mol. The van der Waals surface area contributed by atoms with Gasteiger partial charge in [-0.1, -0.05) is 42.5 Å². The molecule has 2 N–H and O–H groups in total. The van der Waals surface area contributed by atoms with Gasteiger partial charge >= 0.3 is 0 Å². The third kappa shape index (κ3) is 4.41. The van der Waals surface area contributed by atoms with Crippen LogP contribution in [0.25, 0.3) is 17.0 Å². The van der Waals surface area contributed by atoms with Gasteiger partial charge in [0.2, 0.25) is 0 Å². The highest BCUT2D eigenvalue weighted by molar-refractivity contribution is 6.09. The van der Waals surface area contributed by atoms with Crippen LogP contribution in [0.5, 0.6) is 0 Å². The summed E-state index contributed by atoms with van der Waals surface area (Å²) in [6.45, 7) is 8.60. The lowest BCUT2D eigenvalue weighted by Gasteiger charge is -2.21. The van der Waals surface area contributed by atoms with E-state index in [0.29, 0.717) is 6.54 Å². The molecule has 3 heterocycles. The maximum absolute atomic E-state index is 4.89. The molecule has 0 bridgehead atoms. The molecular weight excluding hydrogens is 408 g/mol. The third-order valence-corrected chi connectivity index (χ3v) is 5.66. The number of nitrogens with zero attached hydrogens (tertiary/aromatic N) is 4. The molecule has 2 aromatic heterocycles. The first-order valence-electron chi connectivity index (χ1n) is 11.0. The summed E-state index contributed by atoms with van der Waals surface area (Å²) >= 11 is 0. The predicted octanol–water partition coefficient (Wildman–Crippen LogP) is 5.06. The van der Waals surface area contributed by atoms with Crippen LogP contribution in [0.1, 0.15) is 29.6 Å². The molecule has 164 valence electrons. The lowest BCUT2D eigenvalue weighted by molar-refractivity contribution is 0.804. The van der Waals surface area contributed by atoms with E-state index in [9.17, 15) is 0 Å². The number of fused-ring (bicyclic) bond motifs is 1. The number of allylic oxidation sites excluding steroid dienone is 3. The largest absolute Gasteiger partial charge is 0.379 e. The zero-order chi connectivity index (χ0) is 22.8. The molecule has 1 aromatic carbocycles. The molecule has 2 aliphatic rings. The van der Waals surface area contributed by atoms with Crippen molar-refractivity contribution < 1.29 is 0 Å². The number of rotatable bonds is 6. The molecule has 1 aliphatic heterocycles. The Kier molecular flexibility index (Phi) is 5.48. The summed E-state index contributed by atoms with van der Waals surface area (Å²) in [6, 6.07) is 16.5. The molecule has 0 saturated carbocycles. The number of aliphatic imine (C=N–C) groups is 1. The van der Waals surface area contributed by atoms with Crippen molar-refractivity contribution in [2.24, 2.45) is 4.99 Å². The van der Waals surface area contributed by atoms with Crippen molar-refractivity contribution in [1.82, 2.24) is 20.1 Å². The zero-order valence-electron chi connectivity index (χ0n) is 18.8. The SMILES string of the molecule is C=C(C)c1ccc(NCc2cc(C3=CC4=NC=CNC4C=C3)n(-c3cccc(C)n3)n2)cc1. The smallest absolute Gasteiger partial charge is 0.154 e. The van der Waals surface area contributed by atoms with Crippen LogP contribution in [-0.2, 0) is 6.54 Å². The predicted molar refractivity (Wildman–Crippen MR) is 135 cm³/mol. The molecule has 0 fully saturated rings. The molecular formula is C27H26N6. The van der Waals surface area contributed by atoms with E-state index in [-0.39, 0.29) is 6.04 Å². The second kappa shape index (κ2) is 8.74. The van der Waals surface area contributed by atoms with Crippen LogP contribution in [0.3, 0.4) is 0 Å². The second-order valence-electron chi connectivity index (χ2n) is 8.25. The van der Waals surface area contributed by atoms with Crippen LogP contribution < -0.4 is 10.6 Å². The van der Waals surface area contributed by atoms with Crippen molar-refractivity contribution in [3.8, 4) is 5.82 Å². The highest BCUT2D eigenvalue weighted by Crippen LogP contribution is 2.25. The van der Waals surface area contributed by atoms with Crippen molar-refractivity contribution in [2.75, 3.05) is 5.32 Å². The molecule has 1 unspecified atom stereocenters. The van der Waals surface area contributed by atoms with E-state index in [2.05, 4.69) is 70.8 Å². The Bertz CT molecular complexity index is 1320. The number of aromatic nitrogens is 3. The van der Waals surface area contributed by atoms with Gasteiger partial charge in [0.25, 0.3) is 0 Å². The van der Waals surface area contributed by atoms with Crippen molar-refractivity contribution >= 4 is 22.5 Å². The summed E-state index contributed by atoms with van der Waals surface area (Å²) in [4.78, 5) is 9.23. The number of hydrogen-bond donors (Lipinski definition) is 2. The molecule has 0 saturated heterocycles. The van der Waals surface area contributed by atoms with Gasteiger partial charge in [0.15, 0.2) is 5.82 Å². The quantitative estimate of drug-likeness (QED) is 0.569. The van der Waals surface area contributed by atoms with E-state index in [1.165, 1.54) is 0 Å². The Hall–Kier alpha value is -4.19. The normalized spacial score (nSPS) is 16.5. The van der Waals surface area contributed by atoms with Crippen LogP contribution in [0.2, 0.25) is 0 Å². The van der Waals surface area contributed by atoms with Gasteiger partial charge in [0.05, 0.1) is 29.7 Å². The number of hydrogen-bond acceptors (Lipinski definition) is 5. The maximum Gasteiger partial charge on any atom is 0.154 e. The molecule has 33 heavy (non-hydrogen) atoms. The summed E-state index contributed by atoms with van der Waals surface area (Å²) in [7, 11) is 0. The lowest BCUT2D eigenvalue weighted by atomic mass is 9.98. The summed E-state index contributed by atoms with van der Waals surface area (Å²) in [5.74, 6) is 0.794. The molecule has 1 atom stereocenters. The molecule has 0 spiro atoms. The van der Waals surface area contributed by atoms with Crippen molar-refractivity contribution in [3.63, 3.8) is 0 Å². The van der Waals surface area contributed by atoms with Gasteiger partial charge in [-0.15, -0.1) is 0 Å². The minimum Gasteiger partial charge on any atom is -0.379 e. The van der Waals surface area contributed by atoms with E-state index in [1.54, 1.807) is 6.20 Å². The van der Waals surface area contributed by atoms with Crippen LogP contribution in [-0.4, -0.2) is 26.5 Å². The Labute approximate surface area is 193 Å². The van der Waals surface area contributed by atoms with Gasteiger partial charge in [-0.3, -0.25) is 4.99 Å². The van der Waals surface area contributed by atoms with Gasteiger partial charge in [0.1, 0.15) is 0 Å². The molecule has 5 rings (SSSR count). The van der Waals surface area contributed by atoms with Crippen LogP contribution in [0, 0.1) is 6.92 Å². The summed E-state index contributed by atoms with van der Waals surface area (Å²) in [5.41, 5.74) is 8.13. The Morgan fingerprint density at radius 2 is 2.03 bits per heavy atom. The summed E-state index contributed by atoms with van der Waals surface area (Å²) in [6.07, 6.45) is 10.0. The van der Waals surface area contributed by atoms with Gasteiger partial charge in [-0.25, -0.2) is 9.67 Å². The maximum atomic E-state index is 4.89. The number of benzene rings is 1. The fourth-order valence-electron chi connectivity index (χ4n) is 3.89. The molecule has 6 nitrogen and oxygen atoms in total. The average Bonchev–Trinajstić information content (AvgIpc) is 3.27. The minimum atomic E-state index is 0.107. The fourth-order valence-corrected chi connectivity index (χ4v) is 3.89. The van der Waals surface area contributed by atoms with E-state index < -0.39 is 0 Å². The van der Waals surface area contributed by atoms with Gasteiger partial charge in [-0.2, -0.15) is 5.10 Å². The minimum absolute atomic E-state index is 0.107. The van der Waals surface area contributed by atoms with Crippen LogP contribution >= 0.6 is 0 Å². The Morgan fingerprint density at radius 1 is 1.18 bits per heavy atom. The first-order chi connectivity index (χ1) is 16.1. The van der Waals surface area contributed by atoms with Gasteiger partial charge < -0.3 is 10.6 Å². The number of pyridine rings is 1. The monoisotopic (exact) mass is 434 g/mol. The van der Waals surface area contributed by atoms with Crippen LogP contribution in [0.15, 0.2) is 90.7 Å². The van der Waals surface area contributed by atoms with E-state index >= 15 is 0 Å². The standard InChI is InChI=1S/C27H26N6/c1-18(2)20-7-10-22(11-8-20)30-17-23-16-26(33(32-23)27-6-4-5-19(3)31-27)21-9-12-24-25(15-21)29-14-13-28-24/h4-16,24,28,30H,1,17H2,2-3H3. The lowest BCUT2D eigenvalue weighted by Crippen LogP contribution is -2.33. The van der Waals surface area contributed by atoms with E-state index in [0.717, 1.165) is 51.0 Å². The van der Waals surface area contributed by atoms with Crippen molar-refractivity contribution in [3.05, 3.63) is 108 Å². The fraction of sp³-hybridized carbons (Fsp3) is 0.148. The van der Waals surface area contributed by atoms with E-state index in [1.807, 2.05) is 42.9 Å².